The first kappa shape index (κ1) is 11.9. The number of rotatable bonds is 2. The summed E-state index contributed by atoms with van der Waals surface area (Å²) < 4.78 is 20.8. The summed E-state index contributed by atoms with van der Waals surface area (Å²) in [6.07, 6.45) is 4.98. The molecule has 2 aromatic heterocycles. The van der Waals surface area contributed by atoms with E-state index in [2.05, 4.69) is 25.9 Å². The zero-order valence-corrected chi connectivity index (χ0v) is 11.1. The minimum Gasteiger partial charge on any atom is -0.435 e. The molecular formula is C12H8BrFN4O. The number of benzene rings is 1. The molecule has 1 aromatic carbocycles. The van der Waals surface area contributed by atoms with Crippen molar-refractivity contribution in [3.8, 4) is 11.6 Å². The van der Waals surface area contributed by atoms with Crippen molar-refractivity contribution < 1.29 is 9.13 Å². The Morgan fingerprint density at radius 1 is 1.37 bits per heavy atom. The lowest BCUT2D eigenvalue weighted by Gasteiger charge is -2.08. The summed E-state index contributed by atoms with van der Waals surface area (Å²) in [6, 6.07) is 4.11. The minimum atomic E-state index is -0.356. The Morgan fingerprint density at radius 2 is 2.21 bits per heavy atom. The molecule has 7 heteroatoms. The van der Waals surface area contributed by atoms with Crippen LogP contribution in [0.2, 0.25) is 0 Å². The standard InChI is InChI=1S/C12H8BrFN4O/c13-8-5-7(14)1-2-9(8)19-12-11-16-3-4-18(11)6-10(15)17-12/h1-6H,15H2. The van der Waals surface area contributed by atoms with Gasteiger partial charge >= 0.3 is 0 Å². The smallest absolute Gasteiger partial charge is 0.265 e. The van der Waals surface area contributed by atoms with E-state index in [0.29, 0.717) is 21.7 Å². The molecule has 3 rings (SSSR count). The largest absolute Gasteiger partial charge is 0.435 e. The number of anilines is 1. The van der Waals surface area contributed by atoms with E-state index in [9.17, 15) is 4.39 Å². The molecule has 0 bridgehead atoms. The van der Waals surface area contributed by atoms with E-state index in [0.717, 1.165) is 0 Å². The summed E-state index contributed by atoms with van der Waals surface area (Å²) in [6.45, 7) is 0. The molecule has 0 aliphatic rings. The van der Waals surface area contributed by atoms with E-state index in [-0.39, 0.29) is 11.7 Å². The highest BCUT2D eigenvalue weighted by Gasteiger charge is 2.11. The second kappa shape index (κ2) is 4.51. The monoisotopic (exact) mass is 322 g/mol. The highest BCUT2D eigenvalue weighted by molar-refractivity contribution is 9.10. The van der Waals surface area contributed by atoms with E-state index in [1.807, 2.05) is 0 Å². The van der Waals surface area contributed by atoms with Crippen LogP contribution in [0, 0.1) is 5.82 Å². The van der Waals surface area contributed by atoms with Crippen LogP contribution >= 0.6 is 15.9 Å². The summed E-state index contributed by atoms with van der Waals surface area (Å²) in [5.41, 5.74) is 6.22. The maximum Gasteiger partial charge on any atom is 0.265 e. The van der Waals surface area contributed by atoms with E-state index < -0.39 is 0 Å². The summed E-state index contributed by atoms with van der Waals surface area (Å²) >= 11 is 3.23. The van der Waals surface area contributed by atoms with Gasteiger partial charge in [-0.2, -0.15) is 4.98 Å². The summed E-state index contributed by atoms with van der Waals surface area (Å²) in [7, 11) is 0. The van der Waals surface area contributed by atoms with Gasteiger partial charge in [0.05, 0.1) is 10.7 Å². The van der Waals surface area contributed by atoms with Crippen LogP contribution in [0.5, 0.6) is 11.6 Å². The summed E-state index contributed by atoms with van der Waals surface area (Å²) in [5.74, 6) is 0.645. The molecule has 2 heterocycles. The van der Waals surface area contributed by atoms with Gasteiger partial charge in [0.25, 0.3) is 5.88 Å². The number of hydrogen-bond acceptors (Lipinski definition) is 4. The van der Waals surface area contributed by atoms with Crippen molar-refractivity contribution in [1.29, 1.82) is 0 Å². The molecule has 96 valence electrons. The van der Waals surface area contributed by atoms with Gasteiger partial charge in [-0.3, -0.25) is 4.40 Å². The lowest BCUT2D eigenvalue weighted by atomic mass is 10.3. The molecule has 0 saturated heterocycles. The molecular weight excluding hydrogens is 315 g/mol. The summed E-state index contributed by atoms with van der Waals surface area (Å²) in [5, 5.41) is 0. The Bertz CT molecular complexity index is 759. The number of nitrogens with zero attached hydrogens (tertiary/aromatic N) is 3. The molecule has 0 saturated carbocycles. The molecule has 0 unspecified atom stereocenters. The maximum absolute atomic E-state index is 13.0. The van der Waals surface area contributed by atoms with Crippen molar-refractivity contribution in [2.75, 3.05) is 5.73 Å². The normalized spacial score (nSPS) is 10.8. The number of imidazole rings is 1. The Morgan fingerprint density at radius 3 is 3.00 bits per heavy atom. The fourth-order valence-electron chi connectivity index (χ4n) is 1.65. The van der Waals surface area contributed by atoms with Gasteiger partial charge in [0.1, 0.15) is 17.4 Å². The Hall–Kier alpha value is -2.15. The third kappa shape index (κ3) is 2.24. The lowest BCUT2D eigenvalue weighted by Crippen LogP contribution is -1.99. The van der Waals surface area contributed by atoms with Gasteiger partial charge < -0.3 is 10.5 Å². The van der Waals surface area contributed by atoms with Gasteiger partial charge in [0, 0.05) is 12.4 Å². The van der Waals surface area contributed by atoms with Gasteiger partial charge in [-0.15, -0.1) is 0 Å². The van der Waals surface area contributed by atoms with Crippen molar-refractivity contribution in [3.05, 3.63) is 47.1 Å². The Kier molecular flexibility index (Phi) is 2.83. The number of nitrogens with two attached hydrogens (primary N) is 1. The quantitative estimate of drug-likeness (QED) is 0.787. The highest BCUT2D eigenvalue weighted by Crippen LogP contribution is 2.31. The molecule has 5 nitrogen and oxygen atoms in total. The van der Waals surface area contributed by atoms with Crippen LogP contribution in [0.15, 0.2) is 41.3 Å². The van der Waals surface area contributed by atoms with Gasteiger partial charge in [0.15, 0.2) is 0 Å². The van der Waals surface area contributed by atoms with Crippen LogP contribution in [-0.2, 0) is 0 Å². The van der Waals surface area contributed by atoms with Crippen LogP contribution in [-0.4, -0.2) is 14.4 Å². The second-order valence-electron chi connectivity index (χ2n) is 3.81. The predicted molar refractivity (Wildman–Crippen MR) is 71.6 cm³/mol. The van der Waals surface area contributed by atoms with Gasteiger partial charge in [0.2, 0.25) is 5.65 Å². The van der Waals surface area contributed by atoms with Crippen LogP contribution in [0.25, 0.3) is 5.65 Å². The van der Waals surface area contributed by atoms with Crippen LogP contribution in [0.4, 0.5) is 10.2 Å². The molecule has 0 spiro atoms. The zero-order valence-electron chi connectivity index (χ0n) is 9.55. The molecule has 0 aliphatic carbocycles. The number of aromatic nitrogens is 3. The second-order valence-corrected chi connectivity index (χ2v) is 4.66. The maximum atomic E-state index is 13.0. The van der Waals surface area contributed by atoms with Crippen molar-refractivity contribution in [2.45, 2.75) is 0 Å². The molecule has 2 N–H and O–H groups in total. The van der Waals surface area contributed by atoms with Crippen molar-refractivity contribution in [3.63, 3.8) is 0 Å². The van der Waals surface area contributed by atoms with E-state index in [1.54, 1.807) is 23.0 Å². The van der Waals surface area contributed by atoms with Gasteiger partial charge in [-0.05, 0) is 34.1 Å². The molecule has 0 amide bonds. The van der Waals surface area contributed by atoms with Crippen LogP contribution < -0.4 is 10.5 Å². The average Bonchev–Trinajstić information content (AvgIpc) is 2.80. The molecule has 0 aliphatic heterocycles. The SMILES string of the molecule is Nc1cn2ccnc2c(Oc2ccc(F)cc2Br)n1. The van der Waals surface area contributed by atoms with Gasteiger partial charge in [-0.1, -0.05) is 0 Å². The topological polar surface area (TPSA) is 65.4 Å². The van der Waals surface area contributed by atoms with Crippen molar-refractivity contribution in [1.82, 2.24) is 14.4 Å². The third-order valence-electron chi connectivity index (χ3n) is 2.46. The average molecular weight is 323 g/mol. The van der Waals surface area contributed by atoms with Crippen LogP contribution in [0.1, 0.15) is 0 Å². The third-order valence-corrected chi connectivity index (χ3v) is 3.08. The van der Waals surface area contributed by atoms with Gasteiger partial charge in [-0.25, -0.2) is 9.37 Å². The molecule has 0 radical (unpaired) electrons. The Balaban J connectivity index is 2.07. The Labute approximate surface area is 116 Å². The fraction of sp³-hybridized carbons (Fsp3) is 0. The number of nitrogen functional groups attached to an aromatic ring is 1. The van der Waals surface area contributed by atoms with E-state index in [4.69, 9.17) is 10.5 Å². The number of fused-ring (bicyclic) bond motifs is 1. The van der Waals surface area contributed by atoms with E-state index >= 15 is 0 Å². The molecule has 0 atom stereocenters. The first-order valence-electron chi connectivity index (χ1n) is 5.35. The summed E-state index contributed by atoms with van der Waals surface area (Å²) in [4.78, 5) is 8.22. The number of hydrogen-bond donors (Lipinski definition) is 1. The van der Waals surface area contributed by atoms with Crippen molar-refractivity contribution >= 4 is 27.4 Å². The first-order chi connectivity index (χ1) is 9.13. The fourth-order valence-corrected chi connectivity index (χ4v) is 2.08. The lowest BCUT2D eigenvalue weighted by molar-refractivity contribution is 0.461. The van der Waals surface area contributed by atoms with Crippen LogP contribution in [0.3, 0.4) is 0 Å². The highest BCUT2D eigenvalue weighted by atomic mass is 79.9. The number of halogens is 2. The van der Waals surface area contributed by atoms with E-state index in [1.165, 1.54) is 18.2 Å². The minimum absolute atomic E-state index is 0.261. The zero-order chi connectivity index (χ0) is 13.4. The molecule has 19 heavy (non-hydrogen) atoms. The van der Waals surface area contributed by atoms with Crippen molar-refractivity contribution in [2.24, 2.45) is 0 Å². The first-order valence-corrected chi connectivity index (χ1v) is 6.15. The molecule has 3 aromatic rings. The predicted octanol–water partition coefficient (Wildman–Crippen LogP) is 3.01. The molecule has 0 fully saturated rings. The number of ether oxygens (including phenoxy) is 1.